The number of hydrogen-bond acceptors (Lipinski definition) is 2. The molecule has 1 aromatic rings. The van der Waals surface area contributed by atoms with Crippen LogP contribution in [0.1, 0.15) is 10.4 Å². The number of carbonyl (C=O) groups excluding carboxylic acids is 2. The minimum Gasteiger partial charge on any atom is -0.343 e. The second-order valence-electron chi connectivity index (χ2n) is 3.01. The normalized spacial score (nSPS) is 15.1. The van der Waals surface area contributed by atoms with Crippen molar-refractivity contribution in [2.75, 3.05) is 11.9 Å². The molecule has 0 aromatic heterocycles. The van der Waals surface area contributed by atoms with E-state index in [1.807, 2.05) is 0 Å². The summed E-state index contributed by atoms with van der Waals surface area (Å²) in [7, 11) is 0. The zero-order chi connectivity index (χ0) is 11.0. The van der Waals surface area contributed by atoms with Crippen LogP contribution in [0.25, 0.3) is 0 Å². The van der Waals surface area contributed by atoms with Gasteiger partial charge < -0.3 is 10.6 Å². The van der Waals surface area contributed by atoms with E-state index in [2.05, 4.69) is 10.6 Å². The Labute approximate surface area is 89.4 Å². The monoisotopic (exact) mass is 228 g/mol. The second-order valence-corrected chi connectivity index (χ2v) is 3.39. The third-order valence-corrected chi connectivity index (χ3v) is 2.38. The van der Waals surface area contributed by atoms with E-state index in [1.54, 1.807) is 0 Å². The first-order chi connectivity index (χ1) is 7.09. The van der Waals surface area contributed by atoms with Crippen LogP contribution in [0.15, 0.2) is 12.1 Å². The summed E-state index contributed by atoms with van der Waals surface area (Å²) in [4.78, 5) is 22.6. The largest absolute Gasteiger partial charge is 0.343 e. The fraction of sp³-hybridized carbons (Fsp3) is 0.111. The highest BCUT2D eigenvalue weighted by atomic mass is 35.5. The molecule has 15 heavy (non-hydrogen) atoms. The predicted octanol–water partition coefficient (Wildman–Crippen LogP) is 1.16. The summed E-state index contributed by atoms with van der Waals surface area (Å²) >= 11 is 5.64. The van der Waals surface area contributed by atoms with Gasteiger partial charge in [0.1, 0.15) is 10.8 Å². The summed E-state index contributed by atoms with van der Waals surface area (Å²) < 4.78 is 13.1. The predicted molar refractivity (Wildman–Crippen MR) is 52.4 cm³/mol. The average Bonchev–Trinajstić information content (AvgIpc) is 2.34. The molecule has 0 unspecified atom stereocenters. The van der Waals surface area contributed by atoms with Gasteiger partial charge in [0.25, 0.3) is 5.91 Å². The third-order valence-electron chi connectivity index (χ3n) is 2.01. The molecule has 0 spiro atoms. The van der Waals surface area contributed by atoms with Crippen molar-refractivity contribution in [3.05, 3.63) is 28.5 Å². The van der Waals surface area contributed by atoms with E-state index >= 15 is 0 Å². The molecule has 1 aliphatic rings. The van der Waals surface area contributed by atoms with E-state index in [-0.39, 0.29) is 22.8 Å². The van der Waals surface area contributed by atoms with Crippen molar-refractivity contribution in [1.82, 2.24) is 5.32 Å². The van der Waals surface area contributed by atoms with Crippen molar-refractivity contribution in [3.63, 3.8) is 0 Å². The Hall–Kier alpha value is -1.62. The highest BCUT2D eigenvalue weighted by Crippen LogP contribution is 2.29. The van der Waals surface area contributed by atoms with E-state index in [0.717, 1.165) is 6.07 Å². The van der Waals surface area contributed by atoms with Crippen LogP contribution in [0.2, 0.25) is 5.02 Å². The number of carbonyl (C=O) groups is 2. The molecule has 78 valence electrons. The second kappa shape index (κ2) is 3.51. The fourth-order valence-corrected chi connectivity index (χ4v) is 1.51. The fourth-order valence-electron chi connectivity index (χ4n) is 1.30. The SMILES string of the molecule is O=C1CNC(=O)c2ccc(F)c(Cl)c2N1. The van der Waals surface area contributed by atoms with Crippen molar-refractivity contribution in [3.8, 4) is 0 Å². The molecule has 1 aromatic carbocycles. The van der Waals surface area contributed by atoms with Crippen molar-refractivity contribution in [2.45, 2.75) is 0 Å². The van der Waals surface area contributed by atoms with Crippen LogP contribution in [-0.4, -0.2) is 18.4 Å². The minimum absolute atomic E-state index is 0.0247. The summed E-state index contributed by atoms with van der Waals surface area (Å²) in [6, 6.07) is 2.36. The summed E-state index contributed by atoms with van der Waals surface area (Å²) in [6.07, 6.45) is 0. The molecule has 0 bridgehead atoms. The number of nitrogens with one attached hydrogen (secondary N) is 2. The lowest BCUT2D eigenvalue weighted by Crippen LogP contribution is -2.28. The minimum atomic E-state index is -0.676. The van der Waals surface area contributed by atoms with Crippen LogP contribution >= 0.6 is 11.6 Å². The first-order valence-corrected chi connectivity index (χ1v) is 4.53. The molecular formula is C9H6ClFN2O2. The molecule has 4 nitrogen and oxygen atoms in total. The Balaban J connectivity index is 2.62. The van der Waals surface area contributed by atoms with Crippen LogP contribution in [0, 0.1) is 5.82 Å². The number of amides is 2. The van der Waals surface area contributed by atoms with Gasteiger partial charge in [0.2, 0.25) is 5.91 Å². The molecule has 0 atom stereocenters. The molecular weight excluding hydrogens is 223 g/mol. The van der Waals surface area contributed by atoms with E-state index < -0.39 is 17.6 Å². The van der Waals surface area contributed by atoms with Crippen LogP contribution < -0.4 is 10.6 Å². The molecule has 2 amide bonds. The van der Waals surface area contributed by atoms with Gasteiger partial charge >= 0.3 is 0 Å². The Bertz CT molecular complexity index is 462. The summed E-state index contributed by atoms with van der Waals surface area (Å²) in [5.41, 5.74) is 0.184. The highest BCUT2D eigenvalue weighted by molar-refractivity contribution is 6.35. The van der Waals surface area contributed by atoms with E-state index in [4.69, 9.17) is 11.6 Å². The van der Waals surface area contributed by atoms with Crippen LogP contribution in [0.4, 0.5) is 10.1 Å². The third kappa shape index (κ3) is 1.66. The smallest absolute Gasteiger partial charge is 0.253 e. The Morgan fingerprint density at radius 3 is 2.80 bits per heavy atom. The van der Waals surface area contributed by atoms with Crippen LogP contribution in [-0.2, 0) is 4.79 Å². The maximum atomic E-state index is 13.1. The zero-order valence-electron chi connectivity index (χ0n) is 7.43. The average molecular weight is 229 g/mol. The van der Waals surface area contributed by atoms with Gasteiger partial charge in [0, 0.05) is 0 Å². The van der Waals surface area contributed by atoms with E-state index in [9.17, 15) is 14.0 Å². The summed E-state index contributed by atoms with van der Waals surface area (Å²) in [6.45, 7) is -0.147. The van der Waals surface area contributed by atoms with Gasteiger partial charge in [-0.3, -0.25) is 9.59 Å². The number of fused-ring (bicyclic) bond motifs is 1. The van der Waals surface area contributed by atoms with E-state index in [0.29, 0.717) is 0 Å². The number of halogens is 2. The quantitative estimate of drug-likeness (QED) is 0.700. The van der Waals surface area contributed by atoms with Gasteiger partial charge in [-0.25, -0.2) is 4.39 Å². The standard InChI is InChI=1S/C9H6ClFN2O2/c10-7-5(11)2-1-4-8(7)13-6(14)3-12-9(4)15/h1-2H,3H2,(H,12,15)(H,13,14). The number of rotatable bonds is 0. The van der Waals surface area contributed by atoms with Gasteiger partial charge in [-0.1, -0.05) is 11.6 Å². The first kappa shape index (κ1) is 9.92. The molecule has 2 N–H and O–H groups in total. The highest BCUT2D eigenvalue weighted by Gasteiger charge is 2.22. The van der Waals surface area contributed by atoms with Gasteiger partial charge in [0.15, 0.2) is 0 Å². The first-order valence-electron chi connectivity index (χ1n) is 4.15. The molecule has 0 saturated carbocycles. The van der Waals surface area contributed by atoms with Gasteiger partial charge in [0.05, 0.1) is 17.8 Å². The van der Waals surface area contributed by atoms with Gasteiger partial charge in [-0.2, -0.15) is 0 Å². The van der Waals surface area contributed by atoms with E-state index in [1.165, 1.54) is 6.07 Å². The zero-order valence-corrected chi connectivity index (χ0v) is 8.19. The van der Waals surface area contributed by atoms with Gasteiger partial charge in [-0.15, -0.1) is 0 Å². The molecule has 1 heterocycles. The molecule has 0 saturated heterocycles. The number of benzene rings is 1. The maximum Gasteiger partial charge on any atom is 0.253 e. The Kier molecular flexibility index (Phi) is 2.32. The molecule has 2 rings (SSSR count). The Morgan fingerprint density at radius 2 is 2.07 bits per heavy atom. The maximum absolute atomic E-state index is 13.1. The van der Waals surface area contributed by atoms with Gasteiger partial charge in [-0.05, 0) is 12.1 Å². The topological polar surface area (TPSA) is 58.2 Å². The number of hydrogen-bond donors (Lipinski definition) is 2. The molecule has 0 aliphatic carbocycles. The van der Waals surface area contributed by atoms with Crippen LogP contribution in [0.5, 0.6) is 0 Å². The summed E-state index contributed by atoms with van der Waals surface area (Å²) in [5, 5.41) is 4.48. The molecule has 1 aliphatic heterocycles. The molecule has 0 radical (unpaired) electrons. The lowest BCUT2D eigenvalue weighted by Gasteiger charge is -2.07. The summed E-state index contributed by atoms with van der Waals surface area (Å²) in [5.74, 6) is -1.56. The van der Waals surface area contributed by atoms with Crippen molar-refractivity contribution in [1.29, 1.82) is 0 Å². The molecule has 0 fully saturated rings. The Morgan fingerprint density at radius 1 is 1.33 bits per heavy atom. The van der Waals surface area contributed by atoms with Crippen LogP contribution in [0.3, 0.4) is 0 Å². The lowest BCUT2D eigenvalue weighted by molar-refractivity contribution is -0.115. The van der Waals surface area contributed by atoms with Crippen molar-refractivity contribution < 1.29 is 14.0 Å². The van der Waals surface area contributed by atoms with Crippen molar-refractivity contribution >= 4 is 29.1 Å². The number of anilines is 1. The van der Waals surface area contributed by atoms with Crippen molar-refractivity contribution in [2.24, 2.45) is 0 Å². The molecule has 6 heteroatoms. The lowest BCUT2D eigenvalue weighted by atomic mass is 10.1.